The van der Waals surface area contributed by atoms with Gasteiger partial charge in [0.1, 0.15) is 5.82 Å². The van der Waals surface area contributed by atoms with Crippen LogP contribution in [0.5, 0.6) is 0 Å². The Morgan fingerprint density at radius 3 is 2.17 bits per heavy atom. The van der Waals surface area contributed by atoms with Crippen molar-refractivity contribution in [2.75, 3.05) is 0 Å². The van der Waals surface area contributed by atoms with Crippen LogP contribution in [0.4, 0.5) is 13.2 Å². The zero-order valence-corrected chi connectivity index (χ0v) is 15.7. The molecule has 30 heavy (non-hydrogen) atoms. The summed E-state index contributed by atoms with van der Waals surface area (Å²) in [4.78, 5) is 25.6. The van der Waals surface area contributed by atoms with Crippen LogP contribution in [0.3, 0.4) is 0 Å². The predicted molar refractivity (Wildman–Crippen MR) is 105 cm³/mol. The lowest BCUT2D eigenvalue weighted by atomic mass is 10.2. The Morgan fingerprint density at radius 2 is 1.53 bits per heavy atom. The fourth-order valence-electron chi connectivity index (χ4n) is 2.69. The zero-order valence-electron chi connectivity index (χ0n) is 15.7. The van der Waals surface area contributed by atoms with Gasteiger partial charge in [-0.3, -0.25) is 9.59 Å². The van der Waals surface area contributed by atoms with E-state index in [2.05, 4.69) is 5.32 Å². The minimum absolute atomic E-state index is 0.104. The van der Waals surface area contributed by atoms with E-state index < -0.39 is 18.0 Å². The van der Waals surface area contributed by atoms with Gasteiger partial charge in [0.05, 0.1) is 0 Å². The summed E-state index contributed by atoms with van der Waals surface area (Å²) in [5.41, 5.74) is 1.20. The Morgan fingerprint density at radius 1 is 0.900 bits per heavy atom. The van der Waals surface area contributed by atoms with Gasteiger partial charge >= 0.3 is 12.1 Å². The first-order valence-electron chi connectivity index (χ1n) is 8.98. The van der Waals surface area contributed by atoms with Crippen LogP contribution in [0, 0.1) is 0 Å². The molecule has 2 aromatic rings. The maximum atomic E-state index is 12.6. The van der Waals surface area contributed by atoms with Crippen LogP contribution in [-0.4, -0.2) is 22.9 Å². The molecule has 0 aromatic heterocycles. The summed E-state index contributed by atoms with van der Waals surface area (Å²) in [7, 11) is 0. The van der Waals surface area contributed by atoms with E-state index in [9.17, 15) is 22.8 Å². The van der Waals surface area contributed by atoms with E-state index in [1.807, 2.05) is 35.6 Å². The van der Waals surface area contributed by atoms with Gasteiger partial charge < -0.3 is 15.5 Å². The van der Waals surface area contributed by atoms with Crippen LogP contribution in [-0.2, 0) is 11.3 Å². The van der Waals surface area contributed by atoms with Gasteiger partial charge in [-0.25, -0.2) is 0 Å². The number of benzene rings is 2. The van der Waals surface area contributed by atoms with Crippen LogP contribution in [0.1, 0.15) is 15.9 Å². The second kappa shape index (κ2) is 9.13. The molecule has 2 N–H and O–H groups in total. The Hall–Kier alpha value is -3.81. The Kier molecular flexibility index (Phi) is 6.36. The van der Waals surface area contributed by atoms with Gasteiger partial charge in [0.2, 0.25) is 0 Å². The van der Waals surface area contributed by atoms with E-state index in [-0.39, 0.29) is 11.5 Å². The maximum Gasteiger partial charge on any atom is 0.471 e. The second-order valence-electron chi connectivity index (χ2n) is 6.38. The van der Waals surface area contributed by atoms with E-state index in [0.717, 1.165) is 5.56 Å². The number of carbonyl (C=O) groups excluding carboxylic acids is 2. The normalized spacial score (nSPS) is 13.8. The summed E-state index contributed by atoms with van der Waals surface area (Å²) >= 11 is 0. The van der Waals surface area contributed by atoms with Crippen LogP contribution in [0.2, 0.25) is 0 Å². The lowest BCUT2D eigenvalue weighted by molar-refractivity contribution is -0.172. The van der Waals surface area contributed by atoms with Gasteiger partial charge in [-0.15, -0.1) is 0 Å². The molecular weight excluding hydrogens is 395 g/mol. The van der Waals surface area contributed by atoms with Crippen molar-refractivity contribution in [3.8, 4) is 0 Å². The number of carbonyl (C=O) groups is 2. The molecule has 8 heteroatoms. The molecule has 154 valence electrons. The van der Waals surface area contributed by atoms with Crippen molar-refractivity contribution in [3.63, 3.8) is 0 Å². The molecule has 3 rings (SSSR count). The third-order valence-electron chi connectivity index (χ3n) is 4.13. The van der Waals surface area contributed by atoms with Crippen LogP contribution in [0.15, 0.2) is 96.6 Å². The minimum Gasteiger partial charge on any atom is -0.330 e. The molecular formula is C22H18F3N3O2. The number of hydrogen-bond donors (Lipinski definition) is 2. The Balaban J connectivity index is 1.88. The number of nitrogens with zero attached hydrogens (tertiary/aromatic N) is 1. The quantitative estimate of drug-likeness (QED) is 0.783. The molecule has 2 aromatic carbocycles. The molecule has 0 saturated heterocycles. The molecule has 0 saturated carbocycles. The lowest BCUT2D eigenvalue weighted by Crippen LogP contribution is -2.37. The highest BCUT2D eigenvalue weighted by Gasteiger charge is 2.39. The van der Waals surface area contributed by atoms with Crippen LogP contribution >= 0.6 is 0 Å². The first kappa shape index (κ1) is 20.9. The number of alkyl halides is 3. The first-order valence-corrected chi connectivity index (χ1v) is 8.98. The standard InChI is InChI=1S/C22H18F3N3O2/c23-22(24,25)21(30)26-18-12-7-13-28(15-16-8-3-1-4-9-16)19(14-18)27-20(29)17-10-5-2-6-11-17/h1-14H,15H2,(H,26,30)(H,27,29). The van der Waals surface area contributed by atoms with Crippen LogP contribution in [0.25, 0.3) is 0 Å². The van der Waals surface area contributed by atoms with Gasteiger partial charge in [-0.2, -0.15) is 13.2 Å². The molecule has 0 aliphatic carbocycles. The lowest BCUT2D eigenvalue weighted by Gasteiger charge is -2.24. The summed E-state index contributed by atoms with van der Waals surface area (Å²) in [5.74, 6) is -2.31. The third-order valence-corrected chi connectivity index (χ3v) is 4.13. The van der Waals surface area contributed by atoms with Gasteiger partial charge in [0.15, 0.2) is 0 Å². The van der Waals surface area contributed by atoms with E-state index in [1.54, 1.807) is 41.4 Å². The number of allylic oxidation sites excluding steroid dienone is 3. The van der Waals surface area contributed by atoms with Crippen LogP contribution < -0.4 is 10.6 Å². The smallest absolute Gasteiger partial charge is 0.330 e. The summed E-state index contributed by atoms with van der Waals surface area (Å²) < 4.78 is 37.9. The second-order valence-corrected chi connectivity index (χ2v) is 6.38. The Bertz CT molecular complexity index is 997. The van der Waals surface area contributed by atoms with Crippen molar-refractivity contribution in [3.05, 3.63) is 108 Å². The third kappa shape index (κ3) is 5.60. The maximum absolute atomic E-state index is 12.6. The van der Waals surface area contributed by atoms with E-state index in [0.29, 0.717) is 12.1 Å². The predicted octanol–water partition coefficient (Wildman–Crippen LogP) is 3.85. The largest absolute Gasteiger partial charge is 0.471 e. The summed E-state index contributed by atoms with van der Waals surface area (Å²) in [6.07, 6.45) is 0.683. The number of nitrogens with one attached hydrogen (secondary N) is 2. The molecule has 0 fully saturated rings. The van der Waals surface area contributed by atoms with E-state index in [4.69, 9.17) is 0 Å². The van der Waals surface area contributed by atoms with Crippen molar-refractivity contribution in [1.82, 2.24) is 15.5 Å². The average molecular weight is 413 g/mol. The van der Waals surface area contributed by atoms with Crippen molar-refractivity contribution in [1.29, 1.82) is 0 Å². The van der Waals surface area contributed by atoms with Crippen molar-refractivity contribution < 1.29 is 22.8 Å². The zero-order chi connectivity index (χ0) is 21.6. The molecule has 5 nitrogen and oxygen atoms in total. The number of rotatable bonds is 5. The van der Waals surface area contributed by atoms with Gasteiger partial charge in [0, 0.05) is 30.1 Å². The SMILES string of the molecule is O=C(NC1=CC(NC(=O)C(F)(F)F)=CC=CN1Cc1ccccc1)c1ccccc1. The number of hydrogen-bond acceptors (Lipinski definition) is 3. The van der Waals surface area contributed by atoms with E-state index in [1.165, 1.54) is 18.2 Å². The molecule has 0 unspecified atom stereocenters. The van der Waals surface area contributed by atoms with Crippen molar-refractivity contribution in [2.24, 2.45) is 0 Å². The first-order chi connectivity index (χ1) is 14.3. The highest BCUT2D eigenvalue weighted by molar-refractivity contribution is 5.95. The topological polar surface area (TPSA) is 61.4 Å². The van der Waals surface area contributed by atoms with Gasteiger partial charge in [0.25, 0.3) is 5.91 Å². The Labute approximate surface area is 171 Å². The van der Waals surface area contributed by atoms with Crippen molar-refractivity contribution in [2.45, 2.75) is 12.7 Å². The summed E-state index contributed by atoms with van der Waals surface area (Å²) in [5, 5.41) is 4.53. The molecule has 1 heterocycles. The molecule has 1 aliphatic heterocycles. The molecule has 1 aliphatic rings. The fraction of sp³-hybridized carbons (Fsp3) is 0.0909. The highest BCUT2D eigenvalue weighted by atomic mass is 19.4. The number of amides is 2. The van der Waals surface area contributed by atoms with Gasteiger partial charge in [-0.05, 0) is 29.8 Å². The van der Waals surface area contributed by atoms with Crippen molar-refractivity contribution >= 4 is 11.8 Å². The molecule has 0 spiro atoms. The fourth-order valence-corrected chi connectivity index (χ4v) is 2.69. The average Bonchev–Trinajstić information content (AvgIpc) is 2.90. The highest BCUT2D eigenvalue weighted by Crippen LogP contribution is 2.18. The summed E-state index contributed by atoms with van der Waals surface area (Å²) in [6, 6.07) is 17.7. The number of halogens is 3. The van der Waals surface area contributed by atoms with E-state index >= 15 is 0 Å². The molecule has 2 amide bonds. The molecule has 0 atom stereocenters. The summed E-state index contributed by atoms with van der Waals surface area (Å²) in [6.45, 7) is 0.354. The minimum atomic E-state index is -5.03. The van der Waals surface area contributed by atoms with Gasteiger partial charge in [-0.1, -0.05) is 48.5 Å². The monoisotopic (exact) mass is 413 g/mol. The molecule has 0 bridgehead atoms. The molecule has 0 radical (unpaired) electrons.